The Morgan fingerprint density at radius 2 is 1.37 bits per heavy atom. The van der Waals surface area contributed by atoms with Crippen LogP contribution in [0, 0.1) is 0 Å². The van der Waals surface area contributed by atoms with E-state index in [4.69, 9.17) is 0 Å². The second-order valence-corrected chi connectivity index (χ2v) is 5.69. The first-order chi connectivity index (χ1) is 9.43. The van der Waals surface area contributed by atoms with Gasteiger partial charge in [-0.05, 0) is 48.1 Å². The van der Waals surface area contributed by atoms with E-state index < -0.39 is 0 Å². The van der Waals surface area contributed by atoms with Gasteiger partial charge in [0.2, 0.25) is 0 Å². The number of fused-ring (bicyclic) bond motifs is 5. The summed E-state index contributed by atoms with van der Waals surface area (Å²) in [5.41, 5.74) is 6.16. The van der Waals surface area contributed by atoms with E-state index in [-0.39, 0.29) is 0 Å². The Morgan fingerprint density at radius 1 is 0.737 bits per heavy atom. The van der Waals surface area contributed by atoms with Gasteiger partial charge in [0.15, 0.2) is 0 Å². The van der Waals surface area contributed by atoms with Gasteiger partial charge in [0.25, 0.3) is 0 Å². The molecule has 2 heterocycles. The van der Waals surface area contributed by atoms with Gasteiger partial charge in [0, 0.05) is 6.54 Å². The van der Waals surface area contributed by atoms with Crippen molar-refractivity contribution < 1.29 is 0 Å². The van der Waals surface area contributed by atoms with Gasteiger partial charge in [0.1, 0.15) is 0 Å². The summed E-state index contributed by atoms with van der Waals surface area (Å²) in [6.07, 6.45) is 3.72. The third kappa shape index (κ3) is 1.81. The lowest BCUT2D eigenvalue weighted by atomic mass is 9.87. The highest BCUT2D eigenvalue weighted by Crippen LogP contribution is 2.38. The quantitative estimate of drug-likeness (QED) is 0.690. The molecule has 0 bridgehead atoms. The molecule has 2 aromatic rings. The van der Waals surface area contributed by atoms with Gasteiger partial charge >= 0.3 is 0 Å². The molecule has 0 amide bonds. The van der Waals surface area contributed by atoms with Crippen LogP contribution in [0.3, 0.4) is 0 Å². The molecular weight excluding hydrogens is 230 g/mol. The van der Waals surface area contributed by atoms with Crippen molar-refractivity contribution >= 4 is 0 Å². The second-order valence-electron chi connectivity index (χ2n) is 5.69. The molecule has 4 rings (SSSR count). The van der Waals surface area contributed by atoms with Crippen LogP contribution in [-0.2, 0) is 12.8 Å². The van der Waals surface area contributed by atoms with Crippen LogP contribution in [-0.4, -0.2) is 18.0 Å². The zero-order valence-electron chi connectivity index (χ0n) is 11.2. The van der Waals surface area contributed by atoms with Crippen LogP contribution in [0.1, 0.15) is 34.7 Å². The van der Waals surface area contributed by atoms with Gasteiger partial charge in [-0.2, -0.15) is 0 Å². The summed E-state index contributed by atoms with van der Waals surface area (Å²) < 4.78 is 0. The lowest BCUT2D eigenvalue weighted by Crippen LogP contribution is -2.35. The molecule has 0 aromatic heterocycles. The zero-order valence-corrected chi connectivity index (χ0v) is 11.2. The van der Waals surface area contributed by atoms with E-state index in [0.29, 0.717) is 6.04 Å². The Bertz CT molecular complexity index is 602. The van der Waals surface area contributed by atoms with Crippen molar-refractivity contribution in [1.29, 1.82) is 0 Å². The lowest BCUT2D eigenvalue weighted by Gasteiger charge is -2.37. The minimum Gasteiger partial charge on any atom is -0.292 e. The van der Waals surface area contributed by atoms with E-state index >= 15 is 0 Å². The number of hydrogen-bond donors (Lipinski definition) is 0. The van der Waals surface area contributed by atoms with Crippen molar-refractivity contribution in [3.63, 3.8) is 0 Å². The molecular formula is C18H19N. The highest BCUT2D eigenvalue weighted by molar-refractivity contribution is 5.43. The molecule has 19 heavy (non-hydrogen) atoms. The molecule has 2 aliphatic heterocycles. The summed E-state index contributed by atoms with van der Waals surface area (Å²) in [4.78, 5) is 2.67. The number of nitrogens with zero attached hydrogens (tertiary/aromatic N) is 1. The molecule has 0 spiro atoms. The first-order valence-electron chi connectivity index (χ1n) is 7.33. The number of hydrogen-bond acceptors (Lipinski definition) is 1. The Kier molecular flexibility index (Phi) is 2.66. The van der Waals surface area contributed by atoms with Crippen molar-refractivity contribution in [3.05, 3.63) is 70.8 Å². The van der Waals surface area contributed by atoms with E-state index in [1.165, 1.54) is 43.5 Å². The topological polar surface area (TPSA) is 3.24 Å². The van der Waals surface area contributed by atoms with Gasteiger partial charge < -0.3 is 0 Å². The molecule has 2 aromatic carbocycles. The minimum absolute atomic E-state index is 0.489. The van der Waals surface area contributed by atoms with Crippen LogP contribution in [0.4, 0.5) is 0 Å². The van der Waals surface area contributed by atoms with E-state index in [9.17, 15) is 0 Å². The van der Waals surface area contributed by atoms with E-state index in [1.54, 1.807) is 11.1 Å². The Morgan fingerprint density at radius 3 is 2.11 bits per heavy atom. The number of aryl methyl sites for hydroxylation is 1. The predicted molar refractivity (Wildman–Crippen MR) is 78.3 cm³/mol. The van der Waals surface area contributed by atoms with Gasteiger partial charge in [-0.15, -0.1) is 0 Å². The third-order valence-corrected chi connectivity index (χ3v) is 4.62. The molecule has 0 aliphatic carbocycles. The monoisotopic (exact) mass is 249 g/mol. The Balaban J connectivity index is 1.91. The maximum absolute atomic E-state index is 2.67. The summed E-state index contributed by atoms with van der Waals surface area (Å²) in [5.74, 6) is 0. The maximum atomic E-state index is 2.67. The normalized spacial score (nSPS) is 22.0. The van der Waals surface area contributed by atoms with Crippen LogP contribution in [0.25, 0.3) is 0 Å². The van der Waals surface area contributed by atoms with Gasteiger partial charge in [-0.3, -0.25) is 4.90 Å². The fourth-order valence-corrected chi connectivity index (χ4v) is 3.72. The van der Waals surface area contributed by atoms with Crippen molar-refractivity contribution in [2.75, 3.05) is 13.1 Å². The first-order valence-corrected chi connectivity index (χ1v) is 7.33. The van der Waals surface area contributed by atoms with Gasteiger partial charge in [-0.1, -0.05) is 48.5 Å². The summed E-state index contributed by atoms with van der Waals surface area (Å²) in [6, 6.07) is 18.5. The zero-order chi connectivity index (χ0) is 12.7. The standard InChI is InChI=1S/C18H19N/c1-3-9-16-14(6-1)8-5-12-19-13-11-15-7-2-4-10-17(15)18(16)19/h1-4,6-7,9-10,18H,5,8,11-13H2. The Labute approximate surface area is 114 Å². The van der Waals surface area contributed by atoms with Crippen molar-refractivity contribution in [2.45, 2.75) is 25.3 Å². The lowest BCUT2D eigenvalue weighted by molar-refractivity contribution is 0.218. The molecule has 1 unspecified atom stereocenters. The molecule has 0 saturated heterocycles. The van der Waals surface area contributed by atoms with Crippen LogP contribution < -0.4 is 0 Å². The SMILES string of the molecule is c1ccc2c(c1)CCCN1CCc3ccccc3C21. The van der Waals surface area contributed by atoms with E-state index in [1.807, 2.05) is 0 Å². The average Bonchev–Trinajstić information content (AvgIpc) is 2.66. The second kappa shape index (κ2) is 4.50. The van der Waals surface area contributed by atoms with E-state index in [0.717, 1.165) is 0 Å². The van der Waals surface area contributed by atoms with Crippen molar-refractivity contribution in [2.24, 2.45) is 0 Å². The van der Waals surface area contributed by atoms with E-state index in [2.05, 4.69) is 53.4 Å². The molecule has 1 atom stereocenters. The minimum atomic E-state index is 0.489. The number of rotatable bonds is 0. The highest BCUT2D eigenvalue weighted by atomic mass is 15.2. The Hall–Kier alpha value is -1.60. The summed E-state index contributed by atoms with van der Waals surface area (Å²) in [6.45, 7) is 2.43. The molecule has 0 radical (unpaired) electrons. The van der Waals surface area contributed by atoms with Crippen LogP contribution in [0.5, 0.6) is 0 Å². The molecule has 96 valence electrons. The van der Waals surface area contributed by atoms with Crippen LogP contribution in [0.15, 0.2) is 48.5 Å². The molecule has 2 aliphatic rings. The summed E-state index contributed by atoms with van der Waals surface area (Å²) in [5, 5.41) is 0. The number of benzene rings is 2. The average molecular weight is 249 g/mol. The van der Waals surface area contributed by atoms with Crippen molar-refractivity contribution in [3.8, 4) is 0 Å². The summed E-state index contributed by atoms with van der Waals surface area (Å²) in [7, 11) is 0. The molecule has 0 saturated carbocycles. The largest absolute Gasteiger partial charge is 0.292 e. The fraction of sp³-hybridized carbons (Fsp3) is 0.333. The third-order valence-electron chi connectivity index (χ3n) is 4.62. The van der Waals surface area contributed by atoms with Crippen LogP contribution in [0.2, 0.25) is 0 Å². The molecule has 1 heteroatoms. The highest BCUT2D eigenvalue weighted by Gasteiger charge is 2.31. The molecule has 0 N–H and O–H groups in total. The van der Waals surface area contributed by atoms with Crippen LogP contribution >= 0.6 is 0 Å². The van der Waals surface area contributed by atoms with Gasteiger partial charge in [0.05, 0.1) is 6.04 Å². The molecule has 0 fully saturated rings. The summed E-state index contributed by atoms with van der Waals surface area (Å²) >= 11 is 0. The molecule has 1 nitrogen and oxygen atoms in total. The maximum Gasteiger partial charge on any atom is 0.0607 e. The predicted octanol–water partition coefficient (Wildman–Crippen LogP) is 3.58. The fourth-order valence-electron chi connectivity index (χ4n) is 3.72. The smallest absolute Gasteiger partial charge is 0.0607 e. The van der Waals surface area contributed by atoms with Crippen molar-refractivity contribution in [1.82, 2.24) is 4.90 Å². The van der Waals surface area contributed by atoms with Gasteiger partial charge in [-0.25, -0.2) is 0 Å². The first kappa shape index (κ1) is 11.2.